The molecule has 3 N–H and O–H groups in total. The average molecular weight is 286 g/mol. The molecule has 6 heteroatoms. The second-order valence-corrected chi connectivity index (χ2v) is 5.10. The number of benzene rings is 1. The summed E-state index contributed by atoms with van der Waals surface area (Å²) in [6.45, 7) is 0.431. The van der Waals surface area contributed by atoms with Crippen LogP contribution in [0.4, 0.5) is 18.9 Å². The van der Waals surface area contributed by atoms with E-state index < -0.39 is 11.7 Å². The first kappa shape index (κ1) is 14.8. The van der Waals surface area contributed by atoms with Crippen LogP contribution in [-0.4, -0.2) is 12.5 Å². The molecule has 0 aliphatic heterocycles. The third-order valence-electron chi connectivity index (χ3n) is 3.76. The van der Waals surface area contributed by atoms with E-state index in [0.29, 0.717) is 6.54 Å². The Morgan fingerprint density at radius 1 is 1.35 bits per heavy atom. The summed E-state index contributed by atoms with van der Waals surface area (Å²) in [7, 11) is 0. The lowest BCUT2D eigenvalue weighted by atomic mass is 9.95. The number of carbonyl (C=O) groups excluding carboxylic acids is 1. The number of amides is 1. The number of hydrogen-bond acceptors (Lipinski definition) is 2. The van der Waals surface area contributed by atoms with Crippen molar-refractivity contribution in [3.05, 3.63) is 29.8 Å². The Labute approximate surface area is 115 Å². The van der Waals surface area contributed by atoms with Gasteiger partial charge in [-0.15, -0.1) is 0 Å². The van der Waals surface area contributed by atoms with Crippen LogP contribution < -0.4 is 11.1 Å². The standard InChI is InChI=1S/C14H17F3N2O/c15-14(16,17)10-4-2-5-11(7-10)19-13(20)12-6-1-3-9(12)8-18/h2,4-5,7,9,12H,1,3,6,8,18H2,(H,19,20)/t9-,12-/m1/s1. The predicted molar refractivity (Wildman–Crippen MR) is 70.0 cm³/mol. The molecule has 2 atom stereocenters. The molecule has 0 saturated heterocycles. The Balaban J connectivity index is 2.08. The van der Waals surface area contributed by atoms with E-state index in [2.05, 4.69) is 5.32 Å². The van der Waals surface area contributed by atoms with E-state index in [4.69, 9.17) is 5.73 Å². The van der Waals surface area contributed by atoms with Crippen molar-refractivity contribution < 1.29 is 18.0 Å². The van der Waals surface area contributed by atoms with Crippen molar-refractivity contribution in [2.75, 3.05) is 11.9 Å². The summed E-state index contributed by atoms with van der Waals surface area (Å²) >= 11 is 0. The third kappa shape index (κ3) is 3.30. The Bertz CT molecular complexity index is 488. The Hall–Kier alpha value is -1.56. The summed E-state index contributed by atoms with van der Waals surface area (Å²) < 4.78 is 37.8. The van der Waals surface area contributed by atoms with Crippen LogP contribution in [0.15, 0.2) is 24.3 Å². The zero-order valence-electron chi connectivity index (χ0n) is 10.9. The highest BCUT2D eigenvalue weighted by Gasteiger charge is 2.33. The van der Waals surface area contributed by atoms with Crippen LogP contribution in [0.1, 0.15) is 24.8 Å². The third-order valence-corrected chi connectivity index (χ3v) is 3.76. The van der Waals surface area contributed by atoms with E-state index in [0.717, 1.165) is 31.4 Å². The van der Waals surface area contributed by atoms with Gasteiger partial charge in [0.2, 0.25) is 5.91 Å². The van der Waals surface area contributed by atoms with Crippen LogP contribution in [-0.2, 0) is 11.0 Å². The predicted octanol–water partition coefficient (Wildman–Crippen LogP) is 3.02. The smallest absolute Gasteiger partial charge is 0.330 e. The molecule has 1 aromatic rings. The second kappa shape index (κ2) is 5.83. The summed E-state index contributed by atoms with van der Waals surface area (Å²) in [5.74, 6) is -0.312. The highest BCUT2D eigenvalue weighted by atomic mass is 19.4. The molecular formula is C14H17F3N2O. The van der Waals surface area contributed by atoms with Crippen molar-refractivity contribution in [2.24, 2.45) is 17.6 Å². The molecule has 0 bridgehead atoms. The molecule has 0 spiro atoms. The average Bonchev–Trinajstić information content (AvgIpc) is 2.86. The lowest BCUT2D eigenvalue weighted by molar-refractivity contribution is -0.137. The summed E-state index contributed by atoms with van der Waals surface area (Å²) in [6, 6.07) is 4.67. The van der Waals surface area contributed by atoms with Crippen LogP contribution in [0.5, 0.6) is 0 Å². The molecule has 0 heterocycles. The van der Waals surface area contributed by atoms with Crippen molar-refractivity contribution in [3.63, 3.8) is 0 Å². The maximum atomic E-state index is 12.6. The van der Waals surface area contributed by atoms with Crippen LogP contribution >= 0.6 is 0 Å². The molecule has 20 heavy (non-hydrogen) atoms. The van der Waals surface area contributed by atoms with Gasteiger partial charge >= 0.3 is 6.18 Å². The summed E-state index contributed by atoms with van der Waals surface area (Å²) in [4.78, 5) is 12.1. The highest BCUT2D eigenvalue weighted by Crippen LogP contribution is 2.33. The molecule has 2 rings (SSSR count). The fraction of sp³-hybridized carbons (Fsp3) is 0.500. The molecule has 110 valence electrons. The lowest BCUT2D eigenvalue weighted by Gasteiger charge is -2.18. The molecule has 1 amide bonds. The number of nitrogens with one attached hydrogen (secondary N) is 1. The van der Waals surface area contributed by atoms with Crippen LogP contribution in [0.3, 0.4) is 0 Å². The van der Waals surface area contributed by atoms with Crippen LogP contribution in [0, 0.1) is 11.8 Å². The van der Waals surface area contributed by atoms with E-state index in [9.17, 15) is 18.0 Å². The Morgan fingerprint density at radius 2 is 2.10 bits per heavy atom. The van der Waals surface area contributed by atoms with Gasteiger partial charge in [-0.05, 0) is 43.5 Å². The zero-order valence-corrected chi connectivity index (χ0v) is 10.9. The lowest BCUT2D eigenvalue weighted by Crippen LogP contribution is -2.29. The highest BCUT2D eigenvalue weighted by molar-refractivity contribution is 5.93. The first-order valence-corrected chi connectivity index (χ1v) is 6.60. The number of carbonyl (C=O) groups is 1. The molecule has 0 unspecified atom stereocenters. The molecule has 3 nitrogen and oxygen atoms in total. The van der Waals surface area contributed by atoms with Crippen molar-refractivity contribution in [1.82, 2.24) is 0 Å². The quantitative estimate of drug-likeness (QED) is 0.897. The number of alkyl halides is 3. The van der Waals surface area contributed by atoms with Gasteiger partial charge in [-0.1, -0.05) is 12.5 Å². The Kier molecular flexibility index (Phi) is 4.32. The monoisotopic (exact) mass is 286 g/mol. The number of nitrogens with two attached hydrogens (primary N) is 1. The fourth-order valence-electron chi connectivity index (χ4n) is 2.67. The van der Waals surface area contributed by atoms with Gasteiger partial charge in [0.25, 0.3) is 0 Å². The molecule has 1 aliphatic rings. The van der Waals surface area contributed by atoms with Crippen molar-refractivity contribution >= 4 is 11.6 Å². The van der Waals surface area contributed by atoms with Gasteiger partial charge in [-0.2, -0.15) is 13.2 Å². The topological polar surface area (TPSA) is 55.1 Å². The van der Waals surface area contributed by atoms with Gasteiger partial charge in [-0.25, -0.2) is 0 Å². The minimum Gasteiger partial charge on any atom is -0.330 e. The number of rotatable bonds is 3. The molecular weight excluding hydrogens is 269 g/mol. The minimum atomic E-state index is -4.41. The number of hydrogen-bond donors (Lipinski definition) is 2. The van der Waals surface area contributed by atoms with E-state index >= 15 is 0 Å². The maximum Gasteiger partial charge on any atom is 0.416 e. The van der Waals surface area contributed by atoms with Gasteiger partial charge in [0.1, 0.15) is 0 Å². The number of halogens is 3. The van der Waals surface area contributed by atoms with E-state index in [-0.39, 0.29) is 23.4 Å². The van der Waals surface area contributed by atoms with Crippen molar-refractivity contribution in [3.8, 4) is 0 Å². The molecule has 0 radical (unpaired) electrons. The van der Waals surface area contributed by atoms with Crippen LogP contribution in [0.25, 0.3) is 0 Å². The van der Waals surface area contributed by atoms with Gasteiger partial charge in [-0.3, -0.25) is 4.79 Å². The van der Waals surface area contributed by atoms with Gasteiger partial charge in [0.15, 0.2) is 0 Å². The number of anilines is 1. The molecule has 1 aliphatic carbocycles. The van der Waals surface area contributed by atoms with E-state index in [1.165, 1.54) is 12.1 Å². The Morgan fingerprint density at radius 3 is 2.75 bits per heavy atom. The normalized spacial score (nSPS) is 22.8. The fourth-order valence-corrected chi connectivity index (χ4v) is 2.67. The molecule has 1 fully saturated rings. The second-order valence-electron chi connectivity index (χ2n) is 5.10. The van der Waals surface area contributed by atoms with Gasteiger partial charge in [0.05, 0.1) is 5.56 Å². The SMILES string of the molecule is NC[C@H]1CCC[C@H]1C(=O)Nc1cccc(C(F)(F)F)c1. The minimum absolute atomic E-state index is 0.126. The molecule has 0 aromatic heterocycles. The first-order chi connectivity index (χ1) is 9.41. The molecule has 1 aromatic carbocycles. The van der Waals surface area contributed by atoms with Crippen molar-refractivity contribution in [2.45, 2.75) is 25.4 Å². The zero-order chi connectivity index (χ0) is 14.8. The molecule has 1 saturated carbocycles. The van der Waals surface area contributed by atoms with E-state index in [1.54, 1.807) is 0 Å². The first-order valence-electron chi connectivity index (χ1n) is 6.60. The van der Waals surface area contributed by atoms with Crippen molar-refractivity contribution in [1.29, 1.82) is 0 Å². The summed E-state index contributed by atoms with van der Waals surface area (Å²) in [5, 5.41) is 2.57. The largest absolute Gasteiger partial charge is 0.416 e. The van der Waals surface area contributed by atoms with Gasteiger partial charge < -0.3 is 11.1 Å². The van der Waals surface area contributed by atoms with Gasteiger partial charge in [0, 0.05) is 11.6 Å². The summed E-state index contributed by atoms with van der Waals surface area (Å²) in [5.41, 5.74) is 5.01. The maximum absolute atomic E-state index is 12.6. The summed E-state index contributed by atoms with van der Waals surface area (Å²) in [6.07, 6.45) is -1.83. The van der Waals surface area contributed by atoms with Crippen LogP contribution in [0.2, 0.25) is 0 Å². The van der Waals surface area contributed by atoms with E-state index in [1.807, 2.05) is 0 Å².